The molecule has 2 aromatic rings. The molecule has 128 valence electrons. The van der Waals surface area contributed by atoms with Crippen LogP contribution < -0.4 is 10.2 Å². The quantitative estimate of drug-likeness (QED) is 0.651. The Kier molecular flexibility index (Phi) is 5.03. The van der Waals surface area contributed by atoms with Crippen LogP contribution in [0.1, 0.15) is 12.8 Å². The van der Waals surface area contributed by atoms with Crippen LogP contribution in [0.25, 0.3) is 11.0 Å². The summed E-state index contributed by atoms with van der Waals surface area (Å²) in [5.74, 6) is 1.01. The Hall–Kier alpha value is -2.50. The molecule has 1 aromatic heterocycles. The number of carbonyl (C=O) groups excluding carboxylic acids is 1. The summed E-state index contributed by atoms with van der Waals surface area (Å²) in [7, 11) is 2.03. The van der Waals surface area contributed by atoms with Crippen molar-refractivity contribution < 1.29 is 9.53 Å². The summed E-state index contributed by atoms with van der Waals surface area (Å²) in [5.41, 5.74) is 2.10. The minimum atomic E-state index is -0.0118. The van der Waals surface area contributed by atoms with Gasteiger partial charge in [0, 0.05) is 20.1 Å². The van der Waals surface area contributed by atoms with Crippen molar-refractivity contribution in [3.05, 3.63) is 37.1 Å². The van der Waals surface area contributed by atoms with Gasteiger partial charge in [0.25, 0.3) is 0 Å². The van der Waals surface area contributed by atoms with Crippen molar-refractivity contribution in [2.45, 2.75) is 12.8 Å². The second-order valence-corrected chi connectivity index (χ2v) is 6.07. The van der Waals surface area contributed by atoms with Crippen LogP contribution in [0.5, 0.6) is 0 Å². The second kappa shape index (κ2) is 7.38. The summed E-state index contributed by atoms with van der Waals surface area (Å²) in [6.07, 6.45) is 3.29. The number of imidazole rings is 1. The van der Waals surface area contributed by atoms with Crippen molar-refractivity contribution in [1.82, 2.24) is 14.9 Å². The molecule has 1 aliphatic heterocycles. The second-order valence-electron chi connectivity index (χ2n) is 6.07. The van der Waals surface area contributed by atoms with Crippen LogP contribution in [-0.2, 0) is 16.6 Å². The molecule has 1 unspecified atom stereocenters. The van der Waals surface area contributed by atoms with Gasteiger partial charge in [-0.25, -0.2) is 4.98 Å². The van der Waals surface area contributed by atoms with E-state index in [0.29, 0.717) is 19.7 Å². The molecule has 1 fully saturated rings. The van der Waals surface area contributed by atoms with Crippen molar-refractivity contribution in [1.29, 1.82) is 0 Å². The van der Waals surface area contributed by atoms with Gasteiger partial charge in [0.05, 0.1) is 29.8 Å². The van der Waals surface area contributed by atoms with E-state index >= 15 is 0 Å². The molecule has 2 heterocycles. The number of piperidine rings is 1. The van der Waals surface area contributed by atoms with E-state index in [1.165, 1.54) is 6.26 Å². The number of aryl methyl sites for hydroxylation is 1. The number of hydrogen-bond donors (Lipinski definition) is 1. The smallest absolute Gasteiger partial charge is 0.225 e. The van der Waals surface area contributed by atoms with Gasteiger partial charge in [0.1, 0.15) is 6.61 Å². The van der Waals surface area contributed by atoms with E-state index in [2.05, 4.69) is 27.4 Å². The van der Waals surface area contributed by atoms with E-state index in [9.17, 15) is 4.79 Å². The van der Waals surface area contributed by atoms with Crippen molar-refractivity contribution in [2.75, 3.05) is 31.1 Å². The molecule has 1 aromatic carbocycles. The minimum Gasteiger partial charge on any atom is -0.500 e. The highest BCUT2D eigenvalue weighted by molar-refractivity contribution is 5.81. The SMILES string of the molecule is C=COCCNC(=O)C1CCCN(c2nc3ccccc3n2C)C1. The van der Waals surface area contributed by atoms with E-state index in [1.54, 1.807) is 0 Å². The zero-order valence-corrected chi connectivity index (χ0v) is 14.1. The summed E-state index contributed by atoms with van der Waals surface area (Å²) in [6.45, 7) is 6.08. The first-order valence-electron chi connectivity index (χ1n) is 8.37. The number of aromatic nitrogens is 2. The summed E-state index contributed by atoms with van der Waals surface area (Å²) >= 11 is 0. The molecule has 3 rings (SSSR count). The maximum Gasteiger partial charge on any atom is 0.225 e. The zero-order chi connectivity index (χ0) is 16.9. The van der Waals surface area contributed by atoms with Gasteiger partial charge in [-0.05, 0) is 25.0 Å². The normalized spacial score (nSPS) is 17.7. The lowest BCUT2D eigenvalue weighted by Crippen LogP contribution is -2.44. The number of carbonyl (C=O) groups is 1. The van der Waals surface area contributed by atoms with Crippen LogP contribution in [-0.4, -0.2) is 41.7 Å². The summed E-state index contributed by atoms with van der Waals surface area (Å²) < 4.78 is 7.14. The summed E-state index contributed by atoms with van der Waals surface area (Å²) in [5, 5.41) is 2.93. The van der Waals surface area contributed by atoms with E-state index in [-0.39, 0.29) is 11.8 Å². The average molecular weight is 328 g/mol. The highest BCUT2D eigenvalue weighted by Crippen LogP contribution is 2.25. The largest absolute Gasteiger partial charge is 0.500 e. The van der Waals surface area contributed by atoms with E-state index in [1.807, 2.05) is 25.2 Å². The molecule has 24 heavy (non-hydrogen) atoms. The molecule has 6 nitrogen and oxygen atoms in total. The number of ether oxygens (including phenoxy) is 1. The van der Waals surface area contributed by atoms with Gasteiger partial charge >= 0.3 is 0 Å². The average Bonchev–Trinajstić information content (AvgIpc) is 2.96. The van der Waals surface area contributed by atoms with Crippen molar-refractivity contribution >= 4 is 22.9 Å². The maximum atomic E-state index is 12.3. The fourth-order valence-corrected chi connectivity index (χ4v) is 3.25. The first-order valence-corrected chi connectivity index (χ1v) is 8.37. The Morgan fingerprint density at radius 3 is 3.12 bits per heavy atom. The van der Waals surface area contributed by atoms with Gasteiger partial charge in [0.2, 0.25) is 11.9 Å². The van der Waals surface area contributed by atoms with Gasteiger partial charge in [-0.3, -0.25) is 4.79 Å². The standard InChI is InChI=1S/C18H24N4O2/c1-3-24-12-10-19-17(23)14-7-6-11-22(13-14)18-20-15-8-4-5-9-16(15)21(18)2/h3-5,8-9,14H,1,6-7,10-13H2,2H3,(H,19,23). The lowest BCUT2D eigenvalue weighted by molar-refractivity contribution is -0.125. The van der Waals surface area contributed by atoms with E-state index < -0.39 is 0 Å². The fraction of sp³-hybridized carbons (Fsp3) is 0.444. The van der Waals surface area contributed by atoms with Gasteiger partial charge in [0.15, 0.2) is 0 Å². The summed E-state index contributed by atoms with van der Waals surface area (Å²) in [6, 6.07) is 8.11. The number of benzene rings is 1. The predicted octanol–water partition coefficient (Wildman–Crippen LogP) is 2.07. The molecule has 0 aliphatic carbocycles. The molecular weight excluding hydrogens is 304 g/mol. The molecule has 1 atom stereocenters. The third-order valence-corrected chi connectivity index (χ3v) is 4.48. The Balaban J connectivity index is 1.67. The highest BCUT2D eigenvalue weighted by Gasteiger charge is 2.27. The fourth-order valence-electron chi connectivity index (χ4n) is 3.25. The number of nitrogens with zero attached hydrogens (tertiary/aromatic N) is 3. The lowest BCUT2D eigenvalue weighted by atomic mass is 9.97. The molecule has 6 heteroatoms. The number of hydrogen-bond acceptors (Lipinski definition) is 4. The minimum absolute atomic E-state index is 0.0118. The molecule has 0 radical (unpaired) electrons. The number of nitrogens with one attached hydrogen (secondary N) is 1. The molecule has 0 spiro atoms. The molecule has 1 amide bonds. The van der Waals surface area contributed by atoms with Crippen LogP contribution in [0.15, 0.2) is 37.1 Å². The molecule has 0 saturated carbocycles. The molecule has 1 saturated heterocycles. The Labute approximate surface area is 142 Å². The first-order chi connectivity index (χ1) is 11.7. The van der Waals surface area contributed by atoms with Crippen LogP contribution in [0.2, 0.25) is 0 Å². The number of rotatable bonds is 6. The van der Waals surface area contributed by atoms with Gasteiger partial charge in [-0.1, -0.05) is 18.7 Å². The third kappa shape index (κ3) is 3.37. The van der Waals surface area contributed by atoms with Gasteiger partial charge < -0.3 is 19.5 Å². The number of amides is 1. The topological polar surface area (TPSA) is 59.4 Å². The zero-order valence-electron chi connectivity index (χ0n) is 14.1. The Morgan fingerprint density at radius 2 is 2.33 bits per heavy atom. The van der Waals surface area contributed by atoms with Crippen LogP contribution in [0.4, 0.5) is 5.95 Å². The van der Waals surface area contributed by atoms with E-state index in [4.69, 9.17) is 9.72 Å². The predicted molar refractivity (Wildman–Crippen MR) is 94.8 cm³/mol. The van der Waals surface area contributed by atoms with Crippen LogP contribution in [0, 0.1) is 5.92 Å². The lowest BCUT2D eigenvalue weighted by Gasteiger charge is -2.32. The number of fused-ring (bicyclic) bond motifs is 1. The molecule has 1 aliphatic rings. The molecule has 0 bridgehead atoms. The van der Waals surface area contributed by atoms with Crippen LogP contribution in [0.3, 0.4) is 0 Å². The number of para-hydroxylation sites is 2. The maximum absolute atomic E-state index is 12.3. The van der Waals surface area contributed by atoms with Gasteiger partial charge in [-0.15, -0.1) is 0 Å². The van der Waals surface area contributed by atoms with Crippen LogP contribution >= 0.6 is 0 Å². The highest BCUT2D eigenvalue weighted by atomic mass is 16.5. The van der Waals surface area contributed by atoms with Gasteiger partial charge in [-0.2, -0.15) is 0 Å². The monoisotopic (exact) mass is 328 g/mol. The number of anilines is 1. The Morgan fingerprint density at radius 1 is 1.50 bits per heavy atom. The van der Waals surface area contributed by atoms with E-state index in [0.717, 1.165) is 36.4 Å². The molecule has 1 N–H and O–H groups in total. The van der Waals surface area contributed by atoms with Crippen molar-refractivity contribution in [3.8, 4) is 0 Å². The Bertz CT molecular complexity index is 725. The van der Waals surface area contributed by atoms with Crippen molar-refractivity contribution in [2.24, 2.45) is 13.0 Å². The molecular formula is C18H24N4O2. The first kappa shape index (κ1) is 16.4. The third-order valence-electron chi connectivity index (χ3n) is 4.48. The summed E-state index contributed by atoms with van der Waals surface area (Å²) in [4.78, 5) is 19.3. The van der Waals surface area contributed by atoms with Crippen molar-refractivity contribution in [3.63, 3.8) is 0 Å².